The molecule has 6 rings (SSSR count). The Morgan fingerprint density at radius 3 is 1.74 bits per heavy atom. The van der Waals surface area contributed by atoms with Crippen LogP contribution >= 0.6 is 0 Å². The maximum atomic E-state index is 11.7. The van der Waals surface area contributed by atoms with Gasteiger partial charge >= 0.3 is 165 Å². The van der Waals surface area contributed by atoms with Gasteiger partial charge in [0.15, 0.2) is 0 Å². The Labute approximate surface area is 165 Å². The normalized spacial score (nSPS) is 21.4. The number of hydrogen-bond donors (Lipinski definition) is 0. The van der Waals surface area contributed by atoms with Crippen molar-refractivity contribution in [2.45, 2.75) is 10.2 Å². The van der Waals surface area contributed by atoms with Crippen molar-refractivity contribution in [2.24, 2.45) is 0 Å². The second-order valence-electron chi connectivity index (χ2n) is 6.82. The average Bonchev–Trinajstić information content (AvgIpc) is 2.74. The average molecular weight is 417 g/mol. The summed E-state index contributed by atoms with van der Waals surface area (Å²) in [6.45, 7) is 0. The molecule has 27 heavy (non-hydrogen) atoms. The predicted octanol–water partition coefficient (Wildman–Crippen LogP) is 4.18. The van der Waals surface area contributed by atoms with Crippen LogP contribution in [0.5, 0.6) is 0 Å². The van der Waals surface area contributed by atoms with Crippen LogP contribution in [-0.2, 0) is 13.8 Å². The first-order valence-corrected chi connectivity index (χ1v) is 10.8. The number of ether oxygens (including phenoxy) is 1. The molecule has 0 aromatic heterocycles. The fraction of sp³-hybridized carbons (Fsp3) is 0.125. The topological polar surface area (TPSA) is 26.3 Å². The van der Waals surface area contributed by atoms with E-state index >= 15 is 0 Å². The van der Waals surface area contributed by atoms with E-state index in [4.69, 9.17) is 4.74 Å². The van der Waals surface area contributed by atoms with E-state index in [0.29, 0.717) is 0 Å². The maximum absolute atomic E-state index is 11.7. The second-order valence-corrected chi connectivity index (χ2v) is 9.17. The molecule has 0 saturated carbocycles. The van der Waals surface area contributed by atoms with Crippen LogP contribution < -0.4 is 0 Å². The summed E-state index contributed by atoms with van der Waals surface area (Å²) in [5.41, 5.74) is 8.31. The summed E-state index contributed by atoms with van der Waals surface area (Å²) in [4.78, 5) is 13.7. The van der Waals surface area contributed by atoms with Gasteiger partial charge in [0, 0.05) is 0 Å². The van der Waals surface area contributed by atoms with Gasteiger partial charge in [-0.25, -0.2) is 0 Å². The quantitative estimate of drug-likeness (QED) is 0.363. The molecule has 0 heterocycles. The second kappa shape index (κ2) is 6.23. The van der Waals surface area contributed by atoms with E-state index in [9.17, 15) is 4.79 Å². The van der Waals surface area contributed by atoms with E-state index in [-0.39, 0.29) is 31.2 Å². The summed E-state index contributed by atoms with van der Waals surface area (Å²) in [6, 6.07) is 26.4. The van der Waals surface area contributed by atoms with Gasteiger partial charge < -0.3 is 0 Å². The summed E-state index contributed by atoms with van der Waals surface area (Å²) >= 11 is 0.00882. The zero-order valence-electron chi connectivity index (χ0n) is 14.9. The number of hydrogen-bond acceptors (Lipinski definition) is 2. The zero-order chi connectivity index (χ0) is 18.4. The van der Waals surface area contributed by atoms with Crippen molar-refractivity contribution in [3.8, 4) is 0 Å². The molecular weight excluding hydrogens is 399 g/mol. The van der Waals surface area contributed by atoms with Gasteiger partial charge in [-0.1, -0.05) is 0 Å². The number of benzene rings is 3. The molecule has 132 valence electrons. The molecule has 3 aliphatic carbocycles. The fourth-order valence-electron chi connectivity index (χ4n) is 4.60. The van der Waals surface area contributed by atoms with Crippen molar-refractivity contribution < 1.29 is 9.53 Å². The molecular formula is C24H18O2Se. The zero-order valence-corrected chi connectivity index (χ0v) is 16.6. The van der Waals surface area contributed by atoms with Crippen LogP contribution in [0.4, 0.5) is 0 Å². The standard InChI is InChI=1S/C24H18O2Se/c1-26-22(25)14-15-27-24-19-11-5-2-8-16(19)23(17-9-3-6-12-20(17)24)18-10-4-7-13-21(18)24/h2-15,23H,1H3/b15-14-. The van der Waals surface area contributed by atoms with E-state index in [1.807, 2.05) is 4.97 Å². The Hall–Kier alpha value is -2.61. The van der Waals surface area contributed by atoms with E-state index in [2.05, 4.69) is 72.8 Å². The van der Waals surface area contributed by atoms with Crippen molar-refractivity contribution >= 4 is 20.9 Å². The molecule has 0 saturated heterocycles. The van der Waals surface area contributed by atoms with Crippen molar-refractivity contribution in [3.63, 3.8) is 0 Å². The SMILES string of the molecule is COC(=O)/C=C\[Se]C12c3ccccc3C(c3ccccc31)c1ccccc12. The summed E-state index contributed by atoms with van der Waals surface area (Å²) in [7, 11) is 1.42. The van der Waals surface area contributed by atoms with E-state index in [1.54, 1.807) is 6.08 Å². The van der Waals surface area contributed by atoms with Crippen LogP contribution in [0, 0.1) is 0 Å². The number of rotatable bonds is 3. The number of esters is 1. The third-order valence-electron chi connectivity index (χ3n) is 5.60. The van der Waals surface area contributed by atoms with Gasteiger partial charge in [0.2, 0.25) is 0 Å². The van der Waals surface area contributed by atoms with Crippen molar-refractivity contribution in [1.29, 1.82) is 0 Å². The minimum absolute atomic E-state index is 0.00882. The van der Waals surface area contributed by atoms with Gasteiger partial charge in [-0.15, -0.1) is 0 Å². The number of methoxy groups -OCH3 is 1. The molecule has 2 bridgehead atoms. The molecule has 3 heteroatoms. The van der Waals surface area contributed by atoms with Crippen LogP contribution in [0.3, 0.4) is 0 Å². The molecule has 0 radical (unpaired) electrons. The summed E-state index contributed by atoms with van der Waals surface area (Å²) in [5, 5.41) is 0. The van der Waals surface area contributed by atoms with Crippen LogP contribution in [-0.4, -0.2) is 28.0 Å². The molecule has 3 aliphatic rings. The third kappa shape index (κ3) is 2.22. The molecule has 0 spiro atoms. The first-order chi connectivity index (χ1) is 13.3. The molecule has 3 aromatic carbocycles. The third-order valence-corrected chi connectivity index (χ3v) is 8.30. The van der Waals surface area contributed by atoms with Gasteiger partial charge in [0.05, 0.1) is 0 Å². The van der Waals surface area contributed by atoms with Gasteiger partial charge in [-0.05, 0) is 0 Å². The molecule has 0 amide bonds. The molecule has 3 aromatic rings. The summed E-state index contributed by atoms with van der Waals surface area (Å²) in [6.07, 6.45) is 1.57. The predicted molar refractivity (Wildman–Crippen MR) is 107 cm³/mol. The van der Waals surface area contributed by atoms with Crippen molar-refractivity contribution in [2.75, 3.05) is 7.11 Å². The Morgan fingerprint density at radius 1 is 0.852 bits per heavy atom. The first-order valence-electron chi connectivity index (χ1n) is 8.98. The molecule has 0 aliphatic heterocycles. The summed E-state index contributed by atoms with van der Waals surface area (Å²) < 4.78 is 4.60. The Morgan fingerprint density at radius 2 is 1.30 bits per heavy atom. The fourth-order valence-corrected chi connectivity index (χ4v) is 7.37. The van der Waals surface area contributed by atoms with Crippen LogP contribution in [0.25, 0.3) is 0 Å². The molecule has 0 fully saturated rings. The van der Waals surface area contributed by atoms with E-state index in [1.165, 1.54) is 40.5 Å². The van der Waals surface area contributed by atoms with Gasteiger partial charge in [-0.3, -0.25) is 0 Å². The first kappa shape index (κ1) is 16.6. The molecule has 0 atom stereocenters. The molecule has 0 N–H and O–H groups in total. The Balaban J connectivity index is 1.82. The monoisotopic (exact) mass is 418 g/mol. The van der Waals surface area contributed by atoms with Gasteiger partial charge in [0.1, 0.15) is 0 Å². The Bertz CT molecular complexity index is 967. The molecule has 0 unspecified atom stereocenters. The van der Waals surface area contributed by atoms with Crippen LogP contribution in [0.15, 0.2) is 83.8 Å². The number of carbonyl (C=O) groups excluding carboxylic acids is 1. The summed E-state index contributed by atoms with van der Waals surface area (Å²) in [5.74, 6) is -0.0107. The van der Waals surface area contributed by atoms with E-state index < -0.39 is 0 Å². The van der Waals surface area contributed by atoms with E-state index in [0.717, 1.165) is 0 Å². The van der Waals surface area contributed by atoms with Gasteiger partial charge in [0.25, 0.3) is 0 Å². The van der Waals surface area contributed by atoms with Crippen molar-refractivity contribution in [3.05, 3.63) is 117 Å². The van der Waals surface area contributed by atoms with Crippen molar-refractivity contribution in [1.82, 2.24) is 0 Å². The molecule has 2 nitrogen and oxygen atoms in total. The van der Waals surface area contributed by atoms with Crippen LogP contribution in [0.1, 0.15) is 39.3 Å². The van der Waals surface area contributed by atoms with Crippen LogP contribution in [0.2, 0.25) is 0 Å². The minimum atomic E-state index is -0.298. The number of carbonyl (C=O) groups is 1. The Kier molecular flexibility index (Phi) is 3.82. The van der Waals surface area contributed by atoms with Gasteiger partial charge in [-0.2, -0.15) is 0 Å².